The Morgan fingerprint density at radius 3 is 2.53 bits per heavy atom. The maximum atomic E-state index is 11.5. The van der Waals surface area contributed by atoms with Gasteiger partial charge in [0.05, 0.1) is 19.6 Å². The van der Waals surface area contributed by atoms with Crippen molar-refractivity contribution in [2.75, 3.05) is 33.3 Å². The van der Waals surface area contributed by atoms with Crippen LogP contribution in [0.4, 0.5) is 0 Å². The summed E-state index contributed by atoms with van der Waals surface area (Å²) < 4.78 is 4.72. The molecule has 17 heavy (non-hydrogen) atoms. The minimum absolute atomic E-state index is 0.00922. The number of likely N-dealkylation sites (tertiary alicyclic amines) is 1. The third-order valence-corrected chi connectivity index (χ3v) is 3.06. The second kappa shape index (κ2) is 7.27. The summed E-state index contributed by atoms with van der Waals surface area (Å²) in [7, 11) is 1.42. The molecule has 0 unspecified atom stereocenters. The van der Waals surface area contributed by atoms with Gasteiger partial charge in [0, 0.05) is 6.54 Å². The van der Waals surface area contributed by atoms with Crippen molar-refractivity contribution in [2.24, 2.45) is 5.92 Å². The molecule has 0 spiro atoms. The summed E-state index contributed by atoms with van der Waals surface area (Å²) in [6, 6.07) is 0. The van der Waals surface area contributed by atoms with E-state index in [2.05, 4.69) is 10.2 Å². The molecule has 1 heterocycles. The van der Waals surface area contributed by atoms with Crippen molar-refractivity contribution in [2.45, 2.75) is 26.2 Å². The van der Waals surface area contributed by atoms with Gasteiger partial charge in [0.1, 0.15) is 0 Å². The fourth-order valence-electron chi connectivity index (χ4n) is 2.02. The minimum atomic E-state index is -0.125. The zero-order chi connectivity index (χ0) is 12.7. The number of esters is 1. The van der Waals surface area contributed by atoms with Crippen LogP contribution in [0.25, 0.3) is 0 Å². The van der Waals surface area contributed by atoms with E-state index in [-0.39, 0.29) is 17.8 Å². The molecule has 0 atom stereocenters. The van der Waals surface area contributed by atoms with Crippen molar-refractivity contribution in [3.05, 3.63) is 0 Å². The second-order valence-electron chi connectivity index (χ2n) is 4.42. The third kappa shape index (κ3) is 4.73. The molecule has 5 heteroatoms. The van der Waals surface area contributed by atoms with Crippen molar-refractivity contribution >= 4 is 11.9 Å². The van der Waals surface area contributed by atoms with Crippen LogP contribution in [-0.4, -0.2) is 50.1 Å². The molecular weight excluding hydrogens is 220 g/mol. The van der Waals surface area contributed by atoms with Crippen LogP contribution in [0.15, 0.2) is 0 Å². The van der Waals surface area contributed by atoms with Crippen LogP contribution in [0.1, 0.15) is 26.2 Å². The number of nitrogens with one attached hydrogen (secondary N) is 1. The number of carbonyl (C=O) groups excluding carboxylic acids is 2. The highest BCUT2D eigenvalue weighted by Gasteiger charge is 2.26. The standard InChI is InChI=1S/C12H22N2O3/c1-3-6-13-11(15)9-14-7-4-10(5-8-14)12(16)17-2/h10H,3-9H2,1-2H3,(H,13,15). The summed E-state index contributed by atoms with van der Waals surface area (Å²) in [6.45, 7) is 4.78. The van der Waals surface area contributed by atoms with Crippen molar-refractivity contribution < 1.29 is 14.3 Å². The van der Waals surface area contributed by atoms with Crippen molar-refractivity contribution in [1.29, 1.82) is 0 Å². The van der Waals surface area contributed by atoms with Crippen LogP contribution >= 0.6 is 0 Å². The van der Waals surface area contributed by atoms with Gasteiger partial charge in [0.25, 0.3) is 0 Å². The number of piperidine rings is 1. The predicted molar refractivity (Wildman–Crippen MR) is 64.5 cm³/mol. The molecule has 1 aliphatic rings. The summed E-state index contributed by atoms with van der Waals surface area (Å²) in [6.07, 6.45) is 2.53. The lowest BCUT2D eigenvalue weighted by molar-refractivity contribution is -0.147. The van der Waals surface area contributed by atoms with Gasteiger partial charge in [-0.1, -0.05) is 6.92 Å². The fraction of sp³-hybridized carbons (Fsp3) is 0.833. The lowest BCUT2D eigenvalue weighted by atomic mass is 9.97. The highest BCUT2D eigenvalue weighted by atomic mass is 16.5. The summed E-state index contributed by atoms with van der Waals surface area (Å²) in [5, 5.41) is 2.85. The zero-order valence-corrected chi connectivity index (χ0v) is 10.7. The predicted octanol–water partition coefficient (Wildman–Crippen LogP) is 0.398. The molecule has 1 N–H and O–H groups in total. The number of ether oxygens (including phenoxy) is 1. The van der Waals surface area contributed by atoms with E-state index in [9.17, 15) is 9.59 Å². The van der Waals surface area contributed by atoms with Crippen molar-refractivity contribution in [3.63, 3.8) is 0 Å². The first-order valence-electron chi connectivity index (χ1n) is 6.24. The molecular formula is C12H22N2O3. The number of carbonyl (C=O) groups is 2. The first-order valence-corrected chi connectivity index (χ1v) is 6.24. The minimum Gasteiger partial charge on any atom is -0.469 e. The number of hydrogen-bond acceptors (Lipinski definition) is 4. The molecule has 0 radical (unpaired) electrons. The lowest BCUT2D eigenvalue weighted by Crippen LogP contribution is -2.42. The first-order chi connectivity index (χ1) is 8.17. The van der Waals surface area contributed by atoms with Gasteiger partial charge < -0.3 is 10.1 Å². The van der Waals surface area contributed by atoms with Crippen LogP contribution in [0.3, 0.4) is 0 Å². The van der Waals surface area contributed by atoms with Crippen LogP contribution in [0.5, 0.6) is 0 Å². The van der Waals surface area contributed by atoms with Gasteiger partial charge in [-0.25, -0.2) is 0 Å². The molecule has 1 aliphatic heterocycles. The van der Waals surface area contributed by atoms with Crippen LogP contribution in [-0.2, 0) is 14.3 Å². The van der Waals surface area contributed by atoms with Gasteiger partial charge in [-0.2, -0.15) is 0 Å². The smallest absolute Gasteiger partial charge is 0.308 e. The summed E-state index contributed by atoms with van der Waals surface area (Å²) in [5.41, 5.74) is 0. The molecule has 0 aromatic rings. The van der Waals surface area contributed by atoms with Crippen molar-refractivity contribution in [3.8, 4) is 0 Å². The fourth-order valence-corrected chi connectivity index (χ4v) is 2.02. The first kappa shape index (κ1) is 14.0. The molecule has 0 aromatic heterocycles. The van der Waals surface area contributed by atoms with Gasteiger partial charge in [-0.3, -0.25) is 14.5 Å². The van der Waals surface area contributed by atoms with E-state index >= 15 is 0 Å². The van der Waals surface area contributed by atoms with E-state index in [4.69, 9.17) is 4.74 Å². The Balaban J connectivity index is 2.23. The van der Waals surface area contributed by atoms with E-state index in [1.807, 2.05) is 6.92 Å². The zero-order valence-electron chi connectivity index (χ0n) is 10.7. The lowest BCUT2D eigenvalue weighted by Gasteiger charge is -2.29. The van der Waals surface area contributed by atoms with E-state index in [1.54, 1.807) is 0 Å². The Hall–Kier alpha value is -1.10. The average molecular weight is 242 g/mol. The Labute approximate surface area is 102 Å². The van der Waals surface area contributed by atoms with Crippen LogP contribution < -0.4 is 5.32 Å². The third-order valence-electron chi connectivity index (χ3n) is 3.06. The maximum Gasteiger partial charge on any atom is 0.308 e. The van der Waals surface area contributed by atoms with E-state index in [0.717, 1.165) is 38.9 Å². The molecule has 0 aromatic carbocycles. The average Bonchev–Trinajstić information content (AvgIpc) is 2.36. The molecule has 98 valence electrons. The molecule has 1 rings (SSSR count). The molecule has 5 nitrogen and oxygen atoms in total. The monoisotopic (exact) mass is 242 g/mol. The van der Waals surface area contributed by atoms with E-state index in [0.29, 0.717) is 6.54 Å². The molecule has 0 saturated carbocycles. The van der Waals surface area contributed by atoms with E-state index in [1.165, 1.54) is 7.11 Å². The topological polar surface area (TPSA) is 58.6 Å². The van der Waals surface area contributed by atoms with Gasteiger partial charge in [-0.15, -0.1) is 0 Å². The van der Waals surface area contributed by atoms with Gasteiger partial charge in [0.15, 0.2) is 0 Å². The Morgan fingerprint density at radius 2 is 2.00 bits per heavy atom. The quantitative estimate of drug-likeness (QED) is 0.709. The van der Waals surface area contributed by atoms with Crippen LogP contribution in [0.2, 0.25) is 0 Å². The SMILES string of the molecule is CCCNC(=O)CN1CCC(C(=O)OC)CC1. The van der Waals surface area contributed by atoms with Gasteiger partial charge in [0.2, 0.25) is 5.91 Å². The molecule has 1 fully saturated rings. The van der Waals surface area contributed by atoms with Gasteiger partial charge in [-0.05, 0) is 32.4 Å². The molecule has 0 aliphatic carbocycles. The highest BCUT2D eigenvalue weighted by Crippen LogP contribution is 2.17. The Morgan fingerprint density at radius 1 is 1.35 bits per heavy atom. The van der Waals surface area contributed by atoms with Crippen molar-refractivity contribution in [1.82, 2.24) is 10.2 Å². The Kier molecular flexibility index (Phi) is 5.97. The summed E-state index contributed by atoms with van der Waals surface area (Å²) >= 11 is 0. The largest absolute Gasteiger partial charge is 0.469 e. The number of rotatable bonds is 5. The van der Waals surface area contributed by atoms with Gasteiger partial charge >= 0.3 is 5.97 Å². The molecule has 0 bridgehead atoms. The number of amides is 1. The summed E-state index contributed by atoms with van der Waals surface area (Å²) in [4.78, 5) is 24.9. The number of nitrogens with zero attached hydrogens (tertiary/aromatic N) is 1. The Bertz CT molecular complexity index is 260. The number of hydrogen-bond donors (Lipinski definition) is 1. The maximum absolute atomic E-state index is 11.5. The second-order valence-corrected chi connectivity index (χ2v) is 4.42. The molecule has 1 saturated heterocycles. The van der Waals surface area contributed by atoms with E-state index < -0.39 is 0 Å². The normalized spacial score (nSPS) is 17.8. The van der Waals surface area contributed by atoms with Crippen LogP contribution in [0, 0.1) is 5.92 Å². The molecule has 1 amide bonds. The number of methoxy groups -OCH3 is 1. The summed E-state index contributed by atoms with van der Waals surface area (Å²) in [5.74, 6) is -0.0431. The highest BCUT2D eigenvalue weighted by molar-refractivity contribution is 5.78.